The normalized spacial score (nSPS) is 10.6. The summed E-state index contributed by atoms with van der Waals surface area (Å²) in [5.74, 6) is 1.26. The van der Waals surface area contributed by atoms with Crippen molar-refractivity contribution in [1.29, 1.82) is 0 Å². The van der Waals surface area contributed by atoms with Gasteiger partial charge < -0.3 is 14.5 Å². The van der Waals surface area contributed by atoms with Gasteiger partial charge in [-0.25, -0.2) is 4.98 Å². The first-order valence-corrected chi connectivity index (χ1v) is 9.77. The standard InChI is InChI=1S/C23H16Cl2N2O3/c1-29-16-6-4-5-14(11-16)21-13-26-23(30-21)18-8-3-2-7-17(18)22(28)27-20-12-15(24)9-10-19(20)25/h2-13H,1H3,(H,27,28). The van der Waals surface area contributed by atoms with Crippen molar-refractivity contribution in [2.45, 2.75) is 0 Å². The Hall–Kier alpha value is -3.28. The predicted octanol–water partition coefficient (Wildman–Crippen LogP) is 6.58. The van der Waals surface area contributed by atoms with E-state index >= 15 is 0 Å². The van der Waals surface area contributed by atoms with Crippen LogP contribution in [-0.2, 0) is 0 Å². The van der Waals surface area contributed by atoms with Gasteiger partial charge in [0, 0.05) is 16.1 Å². The second-order valence-electron chi connectivity index (χ2n) is 6.39. The Morgan fingerprint density at radius 1 is 1.03 bits per heavy atom. The van der Waals surface area contributed by atoms with Crippen molar-refractivity contribution in [1.82, 2.24) is 4.98 Å². The highest BCUT2D eigenvalue weighted by Crippen LogP contribution is 2.31. The van der Waals surface area contributed by atoms with Crippen LogP contribution in [0.25, 0.3) is 22.8 Å². The highest BCUT2D eigenvalue weighted by atomic mass is 35.5. The maximum absolute atomic E-state index is 12.9. The smallest absolute Gasteiger partial charge is 0.256 e. The number of hydrogen-bond acceptors (Lipinski definition) is 4. The van der Waals surface area contributed by atoms with Crippen molar-refractivity contribution in [2.75, 3.05) is 12.4 Å². The number of aromatic nitrogens is 1. The molecular weight excluding hydrogens is 423 g/mol. The van der Waals surface area contributed by atoms with Gasteiger partial charge in [-0.2, -0.15) is 0 Å². The molecule has 1 N–H and O–H groups in total. The molecular formula is C23H16Cl2N2O3. The number of oxazole rings is 1. The molecule has 7 heteroatoms. The Morgan fingerprint density at radius 3 is 2.70 bits per heavy atom. The van der Waals surface area contributed by atoms with Crippen molar-refractivity contribution in [3.63, 3.8) is 0 Å². The van der Waals surface area contributed by atoms with E-state index in [0.29, 0.717) is 44.3 Å². The molecule has 0 unspecified atom stereocenters. The topological polar surface area (TPSA) is 64.4 Å². The van der Waals surface area contributed by atoms with E-state index in [0.717, 1.165) is 5.56 Å². The Morgan fingerprint density at radius 2 is 1.87 bits per heavy atom. The molecule has 1 aromatic heterocycles. The number of benzene rings is 3. The summed E-state index contributed by atoms with van der Waals surface area (Å²) in [5, 5.41) is 3.65. The SMILES string of the molecule is COc1cccc(-c2cnc(-c3ccccc3C(=O)Nc3cc(Cl)ccc3Cl)o2)c1. The highest BCUT2D eigenvalue weighted by Gasteiger charge is 2.18. The molecule has 5 nitrogen and oxygen atoms in total. The van der Waals surface area contributed by atoms with Crippen LogP contribution in [0.4, 0.5) is 5.69 Å². The molecule has 0 atom stereocenters. The summed E-state index contributed by atoms with van der Waals surface area (Å²) in [6.45, 7) is 0. The van der Waals surface area contributed by atoms with Crippen LogP contribution in [0.2, 0.25) is 10.0 Å². The lowest BCUT2D eigenvalue weighted by Crippen LogP contribution is -2.13. The summed E-state index contributed by atoms with van der Waals surface area (Å²) in [7, 11) is 1.60. The number of amides is 1. The lowest BCUT2D eigenvalue weighted by Gasteiger charge is -2.10. The molecule has 4 rings (SSSR count). The molecule has 0 saturated heterocycles. The van der Waals surface area contributed by atoms with Gasteiger partial charge in [0.2, 0.25) is 5.89 Å². The van der Waals surface area contributed by atoms with Crippen molar-refractivity contribution in [3.8, 4) is 28.5 Å². The van der Waals surface area contributed by atoms with Crippen LogP contribution in [0.5, 0.6) is 5.75 Å². The maximum atomic E-state index is 12.9. The summed E-state index contributed by atoms with van der Waals surface area (Å²) >= 11 is 12.2. The van der Waals surface area contributed by atoms with E-state index in [1.165, 1.54) is 0 Å². The second kappa shape index (κ2) is 8.61. The summed E-state index contributed by atoms with van der Waals surface area (Å²) in [6.07, 6.45) is 1.62. The first kappa shape index (κ1) is 20.0. The van der Waals surface area contributed by atoms with Gasteiger partial charge >= 0.3 is 0 Å². The van der Waals surface area contributed by atoms with Gasteiger partial charge in [-0.1, -0.05) is 47.5 Å². The van der Waals surface area contributed by atoms with E-state index < -0.39 is 0 Å². The molecule has 3 aromatic carbocycles. The number of rotatable bonds is 5. The number of nitrogens with one attached hydrogen (secondary N) is 1. The lowest BCUT2D eigenvalue weighted by atomic mass is 10.1. The van der Waals surface area contributed by atoms with E-state index in [1.807, 2.05) is 30.3 Å². The van der Waals surface area contributed by atoms with Crippen LogP contribution < -0.4 is 10.1 Å². The Kier molecular flexibility index (Phi) is 5.74. The van der Waals surface area contributed by atoms with Gasteiger partial charge in [0.15, 0.2) is 5.76 Å². The van der Waals surface area contributed by atoms with E-state index in [4.69, 9.17) is 32.4 Å². The molecule has 0 aliphatic rings. The van der Waals surface area contributed by atoms with Crippen LogP contribution in [-0.4, -0.2) is 18.0 Å². The average Bonchev–Trinajstić information content (AvgIpc) is 3.26. The fourth-order valence-electron chi connectivity index (χ4n) is 2.96. The second-order valence-corrected chi connectivity index (χ2v) is 7.23. The van der Waals surface area contributed by atoms with Crippen LogP contribution in [0.1, 0.15) is 10.4 Å². The minimum Gasteiger partial charge on any atom is -0.497 e. The molecule has 150 valence electrons. The summed E-state index contributed by atoms with van der Waals surface area (Å²) in [4.78, 5) is 17.3. The fourth-order valence-corrected chi connectivity index (χ4v) is 3.30. The minimum absolute atomic E-state index is 0.329. The third-order valence-corrected chi connectivity index (χ3v) is 5.00. The number of methoxy groups -OCH3 is 1. The van der Waals surface area contributed by atoms with Gasteiger partial charge in [0.25, 0.3) is 5.91 Å². The highest BCUT2D eigenvalue weighted by molar-refractivity contribution is 6.36. The molecule has 0 spiro atoms. The zero-order valence-corrected chi connectivity index (χ0v) is 17.4. The zero-order valence-electron chi connectivity index (χ0n) is 15.9. The Labute approximate surface area is 183 Å². The first-order chi connectivity index (χ1) is 14.5. The summed E-state index contributed by atoms with van der Waals surface area (Å²) < 4.78 is 11.2. The van der Waals surface area contributed by atoms with E-state index in [2.05, 4.69) is 10.3 Å². The quantitative estimate of drug-likeness (QED) is 0.382. The van der Waals surface area contributed by atoms with Crippen LogP contribution >= 0.6 is 23.2 Å². The third kappa shape index (κ3) is 4.17. The van der Waals surface area contributed by atoms with Crippen molar-refractivity contribution < 1.29 is 13.9 Å². The number of anilines is 1. The summed E-state index contributed by atoms with van der Waals surface area (Å²) in [6, 6.07) is 19.4. The number of nitrogens with zero attached hydrogens (tertiary/aromatic N) is 1. The zero-order chi connectivity index (χ0) is 21.1. The van der Waals surface area contributed by atoms with Gasteiger partial charge in [-0.05, 0) is 42.5 Å². The van der Waals surface area contributed by atoms with Crippen LogP contribution in [0.15, 0.2) is 77.3 Å². The molecule has 4 aromatic rings. The van der Waals surface area contributed by atoms with E-state index in [-0.39, 0.29) is 5.91 Å². The third-order valence-electron chi connectivity index (χ3n) is 4.44. The first-order valence-electron chi connectivity index (χ1n) is 9.01. The van der Waals surface area contributed by atoms with Crippen molar-refractivity contribution >= 4 is 34.8 Å². The average molecular weight is 439 g/mol. The molecule has 1 amide bonds. The number of halogens is 2. The maximum Gasteiger partial charge on any atom is 0.256 e. The number of ether oxygens (including phenoxy) is 1. The molecule has 0 bridgehead atoms. The van der Waals surface area contributed by atoms with E-state index in [9.17, 15) is 4.79 Å². The van der Waals surface area contributed by atoms with E-state index in [1.54, 1.807) is 49.7 Å². The molecule has 0 radical (unpaired) electrons. The molecule has 0 saturated carbocycles. The monoisotopic (exact) mass is 438 g/mol. The molecule has 0 fully saturated rings. The number of carbonyl (C=O) groups excluding carboxylic acids is 1. The summed E-state index contributed by atoms with van der Waals surface area (Å²) in [5.41, 5.74) is 2.20. The van der Waals surface area contributed by atoms with Gasteiger partial charge in [0.05, 0.1) is 29.6 Å². The number of carbonyl (C=O) groups is 1. The Balaban J connectivity index is 1.66. The molecule has 0 aliphatic heterocycles. The van der Waals surface area contributed by atoms with Gasteiger partial charge in [-0.15, -0.1) is 0 Å². The van der Waals surface area contributed by atoms with Crippen LogP contribution in [0.3, 0.4) is 0 Å². The molecule has 30 heavy (non-hydrogen) atoms. The van der Waals surface area contributed by atoms with Gasteiger partial charge in [0.1, 0.15) is 5.75 Å². The Bertz CT molecular complexity index is 1220. The molecule has 0 aliphatic carbocycles. The lowest BCUT2D eigenvalue weighted by molar-refractivity contribution is 0.102. The van der Waals surface area contributed by atoms with Crippen LogP contribution in [0, 0.1) is 0 Å². The van der Waals surface area contributed by atoms with Crippen molar-refractivity contribution in [2.24, 2.45) is 0 Å². The fraction of sp³-hybridized carbons (Fsp3) is 0.0435. The number of hydrogen-bond donors (Lipinski definition) is 1. The van der Waals surface area contributed by atoms with Crippen molar-refractivity contribution in [3.05, 3.63) is 88.5 Å². The van der Waals surface area contributed by atoms with Gasteiger partial charge in [-0.3, -0.25) is 4.79 Å². The minimum atomic E-state index is -0.351. The largest absolute Gasteiger partial charge is 0.497 e. The predicted molar refractivity (Wildman–Crippen MR) is 118 cm³/mol. The molecule has 1 heterocycles.